The molecule has 0 aliphatic rings. The van der Waals surface area contributed by atoms with Gasteiger partial charge in [0.25, 0.3) is 0 Å². The second kappa shape index (κ2) is 11.9. The van der Waals surface area contributed by atoms with Crippen LogP contribution in [0, 0.1) is 11.7 Å². The molecule has 0 aromatic carbocycles. The van der Waals surface area contributed by atoms with Crippen LogP contribution < -0.4 is 15.6 Å². The molecule has 0 spiro atoms. The predicted octanol–water partition coefficient (Wildman–Crippen LogP) is 3.29. The number of carbonyl (C=O) groups is 2. The van der Waals surface area contributed by atoms with E-state index in [0.29, 0.717) is 31.1 Å². The number of anilines is 1. The first-order valence-corrected chi connectivity index (χ1v) is 13.0. The Morgan fingerprint density at radius 3 is 2.74 bits per heavy atom. The van der Waals surface area contributed by atoms with Gasteiger partial charge in [0.15, 0.2) is 22.4 Å². The zero-order valence-corrected chi connectivity index (χ0v) is 21.7. The predicted molar refractivity (Wildman–Crippen MR) is 143 cm³/mol. The van der Waals surface area contributed by atoms with Crippen LogP contribution >= 0.6 is 11.3 Å². The van der Waals surface area contributed by atoms with E-state index in [2.05, 4.69) is 20.3 Å². The molecule has 12 heteroatoms. The second-order valence-electron chi connectivity index (χ2n) is 8.74. The highest BCUT2D eigenvalue weighted by molar-refractivity contribution is 7.12. The van der Waals surface area contributed by atoms with Crippen molar-refractivity contribution in [1.29, 1.82) is 0 Å². The fourth-order valence-corrected chi connectivity index (χ4v) is 4.69. The van der Waals surface area contributed by atoms with E-state index >= 15 is 4.39 Å². The minimum atomic E-state index is -1.43. The van der Waals surface area contributed by atoms with Crippen LogP contribution in [0.4, 0.5) is 10.2 Å². The zero-order valence-electron chi connectivity index (χ0n) is 20.9. The molecule has 1 amide bonds. The number of carbonyl (C=O) groups excluding carboxylic acids is 1. The van der Waals surface area contributed by atoms with Gasteiger partial charge in [-0.2, -0.15) is 0 Å². The number of fused-ring (bicyclic) bond motifs is 1. The largest absolute Gasteiger partial charge is 0.477 e. The number of hydrogen-bond donors (Lipinski definition) is 2. The van der Waals surface area contributed by atoms with E-state index in [4.69, 9.17) is 0 Å². The summed E-state index contributed by atoms with van der Waals surface area (Å²) >= 11 is 1.22. The molecule has 0 saturated heterocycles. The normalized spacial score (nSPS) is 11.9. The molecule has 4 aromatic heterocycles. The minimum Gasteiger partial charge on any atom is -0.477 e. The van der Waals surface area contributed by atoms with E-state index in [0.717, 1.165) is 18.0 Å². The smallest absolute Gasteiger partial charge is 0.341 e. The van der Waals surface area contributed by atoms with Gasteiger partial charge in [0.2, 0.25) is 11.3 Å². The highest BCUT2D eigenvalue weighted by atomic mass is 32.1. The van der Waals surface area contributed by atoms with Crippen LogP contribution in [-0.4, -0.2) is 56.1 Å². The molecule has 0 saturated carbocycles. The first-order valence-electron chi connectivity index (χ1n) is 12.1. The quantitative estimate of drug-likeness (QED) is 0.298. The molecule has 38 heavy (non-hydrogen) atoms. The summed E-state index contributed by atoms with van der Waals surface area (Å²) in [6, 6.07) is 6.61. The SMILES string of the molecule is CCCN(CC(C)C(=O)NCCc1ccccn1)c1nc2c(cc1F)c(=O)c(C(=O)O)cn2-c1nccs1. The Kier molecular flexibility index (Phi) is 8.41. The first kappa shape index (κ1) is 26.9. The number of carboxylic acids is 1. The summed E-state index contributed by atoms with van der Waals surface area (Å²) in [7, 11) is 0. The molecule has 4 aromatic rings. The molecule has 0 bridgehead atoms. The number of hydrogen-bond acceptors (Lipinski definition) is 8. The monoisotopic (exact) mass is 538 g/mol. The van der Waals surface area contributed by atoms with Crippen molar-refractivity contribution in [3.05, 3.63) is 75.5 Å². The summed E-state index contributed by atoms with van der Waals surface area (Å²) in [5, 5.41) is 14.3. The number of amides is 1. The lowest BCUT2D eigenvalue weighted by molar-refractivity contribution is -0.124. The van der Waals surface area contributed by atoms with Crippen molar-refractivity contribution in [3.63, 3.8) is 0 Å². The van der Waals surface area contributed by atoms with Crippen molar-refractivity contribution >= 4 is 40.1 Å². The van der Waals surface area contributed by atoms with Gasteiger partial charge in [0.05, 0.1) is 11.3 Å². The van der Waals surface area contributed by atoms with E-state index in [1.807, 2.05) is 25.1 Å². The molecule has 0 aliphatic carbocycles. The molecule has 4 rings (SSSR count). The number of carboxylic acid groups (broad SMARTS) is 1. The van der Waals surface area contributed by atoms with Gasteiger partial charge >= 0.3 is 5.97 Å². The lowest BCUT2D eigenvalue weighted by Crippen LogP contribution is -2.39. The van der Waals surface area contributed by atoms with Gasteiger partial charge in [0, 0.05) is 55.7 Å². The average molecular weight is 539 g/mol. The number of aromatic carboxylic acids is 1. The maximum Gasteiger partial charge on any atom is 0.341 e. The molecule has 198 valence electrons. The van der Waals surface area contributed by atoms with Gasteiger partial charge in [-0.1, -0.05) is 19.9 Å². The van der Waals surface area contributed by atoms with Gasteiger partial charge in [0.1, 0.15) is 5.56 Å². The molecule has 10 nitrogen and oxygen atoms in total. The summed E-state index contributed by atoms with van der Waals surface area (Å²) in [5.74, 6) is -2.91. The fourth-order valence-electron chi connectivity index (χ4n) is 4.07. The standard InChI is InChI=1S/C26H27FN6O4S/c1-3-11-32(14-16(2)24(35)29-9-7-17-6-4-5-8-28-17)23-20(27)13-18-21(34)19(25(36)37)15-33(22(18)31-23)26-30-10-12-38-26/h4-6,8,10,12-13,15-16H,3,7,9,11,14H2,1-2H3,(H,29,35)(H,36,37). The molecular formula is C26H27FN6O4S. The maximum absolute atomic E-state index is 15.4. The maximum atomic E-state index is 15.4. The third-order valence-electron chi connectivity index (χ3n) is 5.91. The van der Waals surface area contributed by atoms with E-state index in [-0.39, 0.29) is 29.3 Å². The van der Waals surface area contributed by atoms with Crippen LogP contribution in [0.5, 0.6) is 0 Å². The summed E-state index contributed by atoms with van der Waals surface area (Å²) in [6.45, 7) is 4.70. The van der Waals surface area contributed by atoms with Crippen molar-refractivity contribution in [2.24, 2.45) is 5.92 Å². The Labute approximate surface area is 221 Å². The van der Waals surface area contributed by atoms with Gasteiger partial charge in [-0.3, -0.25) is 19.1 Å². The van der Waals surface area contributed by atoms with Gasteiger partial charge in [-0.25, -0.2) is 19.2 Å². The van der Waals surface area contributed by atoms with Gasteiger partial charge in [-0.15, -0.1) is 11.3 Å². The molecule has 1 atom stereocenters. The number of nitrogens with one attached hydrogen (secondary N) is 1. The third-order valence-corrected chi connectivity index (χ3v) is 6.68. The zero-order chi connectivity index (χ0) is 27.2. The third kappa shape index (κ3) is 5.86. The summed E-state index contributed by atoms with van der Waals surface area (Å²) in [5.41, 5.74) is -0.392. The Balaban J connectivity index is 1.63. The number of halogens is 1. The molecule has 0 fully saturated rings. The van der Waals surface area contributed by atoms with Crippen LogP contribution in [0.15, 0.2) is 53.0 Å². The Bertz CT molecular complexity index is 1490. The van der Waals surface area contributed by atoms with Crippen molar-refractivity contribution < 1.29 is 19.1 Å². The molecule has 0 aliphatic heterocycles. The highest BCUT2D eigenvalue weighted by Gasteiger charge is 2.24. The highest BCUT2D eigenvalue weighted by Crippen LogP contribution is 2.25. The van der Waals surface area contributed by atoms with Gasteiger partial charge in [-0.05, 0) is 24.6 Å². The minimum absolute atomic E-state index is 0.0275. The van der Waals surface area contributed by atoms with Crippen LogP contribution in [0.25, 0.3) is 16.2 Å². The summed E-state index contributed by atoms with van der Waals surface area (Å²) in [4.78, 5) is 51.9. The molecular weight excluding hydrogens is 511 g/mol. The number of rotatable bonds is 11. The Morgan fingerprint density at radius 2 is 2.08 bits per heavy atom. The topological polar surface area (TPSA) is 130 Å². The van der Waals surface area contributed by atoms with Crippen molar-refractivity contribution in [1.82, 2.24) is 24.8 Å². The Hall–Kier alpha value is -4.19. The van der Waals surface area contributed by atoms with E-state index < -0.39 is 28.7 Å². The molecule has 2 N–H and O–H groups in total. The number of thiazole rings is 1. The average Bonchev–Trinajstić information content (AvgIpc) is 3.44. The molecule has 0 radical (unpaired) electrons. The summed E-state index contributed by atoms with van der Waals surface area (Å²) in [6.07, 6.45) is 5.63. The molecule has 1 unspecified atom stereocenters. The summed E-state index contributed by atoms with van der Waals surface area (Å²) < 4.78 is 16.8. The first-order chi connectivity index (χ1) is 18.3. The number of pyridine rings is 3. The Morgan fingerprint density at radius 1 is 1.26 bits per heavy atom. The van der Waals surface area contributed by atoms with Gasteiger partial charge < -0.3 is 15.3 Å². The van der Waals surface area contributed by atoms with E-state index in [1.165, 1.54) is 22.1 Å². The lowest BCUT2D eigenvalue weighted by atomic mass is 10.1. The van der Waals surface area contributed by atoms with Crippen LogP contribution in [-0.2, 0) is 11.2 Å². The second-order valence-corrected chi connectivity index (χ2v) is 9.61. The lowest BCUT2D eigenvalue weighted by Gasteiger charge is -2.27. The fraction of sp³-hybridized carbons (Fsp3) is 0.308. The number of aromatic nitrogens is 4. The van der Waals surface area contributed by atoms with Crippen LogP contribution in [0.2, 0.25) is 0 Å². The van der Waals surface area contributed by atoms with Crippen molar-refractivity contribution in [2.75, 3.05) is 24.5 Å². The van der Waals surface area contributed by atoms with Crippen LogP contribution in [0.1, 0.15) is 36.3 Å². The van der Waals surface area contributed by atoms with E-state index in [1.54, 1.807) is 23.4 Å². The van der Waals surface area contributed by atoms with Crippen molar-refractivity contribution in [3.8, 4) is 5.13 Å². The van der Waals surface area contributed by atoms with Crippen molar-refractivity contribution in [2.45, 2.75) is 26.7 Å². The molecule has 4 heterocycles. The van der Waals surface area contributed by atoms with E-state index in [9.17, 15) is 19.5 Å². The number of nitrogens with zero attached hydrogens (tertiary/aromatic N) is 5. The van der Waals surface area contributed by atoms with Crippen LogP contribution in [0.3, 0.4) is 0 Å².